The van der Waals surface area contributed by atoms with Gasteiger partial charge < -0.3 is 4.52 Å². The standard InChI is InChI=1S/C10H9ClN4O2S/c11-6-1-2-9(13-4-6)18-5-7-3-8(15-17-7)10(16)14-12/h1-4H,5,12H2,(H,14,16). The summed E-state index contributed by atoms with van der Waals surface area (Å²) >= 11 is 7.17. The van der Waals surface area contributed by atoms with E-state index in [1.165, 1.54) is 17.8 Å². The lowest BCUT2D eigenvalue weighted by atomic mass is 10.4. The third-order valence-electron chi connectivity index (χ3n) is 1.99. The second kappa shape index (κ2) is 5.85. The van der Waals surface area contributed by atoms with Crippen LogP contribution in [0.5, 0.6) is 0 Å². The second-order valence-electron chi connectivity index (χ2n) is 3.26. The highest BCUT2D eigenvalue weighted by molar-refractivity contribution is 7.98. The monoisotopic (exact) mass is 284 g/mol. The highest BCUT2D eigenvalue weighted by Crippen LogP contribution is 2.22. The second-order valence-corrected chi connectivity index (χ2v) is 4.69. The first-order valence-corrected chi connectivity index (χ1v) is 6.26. The SMILES string of the molecule is NNC(=O)c1cc(CSc2ccc(Cl)cn2)on1. The smallest absolute Gasteiger partial charge is 0.287 e. The van der Waals surface area contributed by atoms with Gasteiger partial charge in [0.25, 0.3) is 5.91 Å². The zero-order valence-electron chi connectivity index (χ0n) is 9.09. The van der Waals surface area contributed by atoms with Gasteiger partial charge in [-0.25, -0.2) is 10.8 Å². The summed E-state index contributed by atoms with van der Waals surface area (Å²) in [5.74, 6) is 5.58. The van der Waals surface area contributed by atoms with Crippen LogP contribution in [-0.4, -0.2) is 16.0 Å². The average molecular weight is 285 g/mol. The molecule has 0 fully saturated rings. The molecule has 1 amide bonds. The molecular weight excluding hydrogens is 276 g/mol. The van der Waals surface area contributed by atoms with Gasteiger partial charge in [-0.1, -0.05) is 28.5 Å². The topological polar surface area (TPSA) is 94.0 Å². The van der Waals surface area contributed by atoms with Gasteiger partial charge in [0.05, 0.1) is 15.8 Å². The number of rotatable bonds is 4. The van der Waals surface area contributed by atoms with Gasteiger partial charge in [-0.2, -0.15) is 0 Å². The molecule has 0 aliphatic carbocycles. The summed E-state index contributed by atoms with van der Waals surface area (Å²) < 4.78 is 4.99. The van der Waals surface area contributed by atoms with Gasteiger partial charge in [0.2, 0.25) is 0 Å². The number of nitrogens with one attached hydrogen (secondary N) is 1. The molecule has 0 saturated heterocycles. The minimum Gasteiger partial charge on any atom is -0.360 e. The molecular formula is C10H9ClN4O2S. The molecule has 94 valence electrons. The Morgan fingerprint density at radius 1 is 1.56 bits per heavy atom. The van der Waals surface area contributed by atoms with Gasteiger partial charge in [0.15, 0.2) is 5.69 Å². The number of thioether (sulfide) groups is 1. The molecule has 0 aromatic carbocycles. The van der Waals surface area contributed by atoms with Gasteiger partial charge in [-0.15, -0.1) is 0 Å². The molecule has 0 atom stereocenters. The average Bonchev–Trinajstić information content (AvgIpc) is 2.86. The molecule has 0 radical (unpaired) electrons. The quantitative estimate of drug-likeness (QED) is 0.383. The Bertz CT molecular complexity index is 543. The van der Waals surface area contributed by atoms with Crippen LogP contribution in [0.4, 0.5) is 0 Å². The number of carbonyl (C=O) groups excluding carboxylic acids is 1. The van der Waals surface area contributed by atoms with Crippen LogP contribution in [0, 0.1) is 0 Å². The van der Waals surface area contributed by atoms with Crippen LogP contribution in [0.2, 0.25) is 5.02 Å². The van der Waals surface area contributed by atoms with E-state index >= 15 is 0 Å². The molecule has 0 aliphatic rings. The Hall–Kier alpha value is -1.57. The summed E-state index contributed by atoms with van der Waals surface area (Å²) in [4.78, 5) is 15.3. The molecule has 2 aromatic rings. The van der Waals surface area contributed by atoms with Crippen molar-refractivity contribution < 1.29 is 9.32 Å². The van der Waals surface area contributed by atoms with E-state index in [0.717, 1.165) is 5.03 Å². The first kappa shape index (κ1) is 12.9. The third-order valence-corrected chi connectivity index (χ3v) is 3.17. The van der Waals surface area contributed by atoms with Gasteiger partial charge in [0, 0.05) is 12.3 Å². The van der Waals surface area contributed by atoms with E-state index in [0.29, 0.717) is 16.5 Å². The number of nitrogen functional groups attached to an aromatic ring is 1. The van der Waals surface area contributed by atoms with Crippen molar-refractivity contribution in [3.8, 4) is 0 Å². The van der Waals surface area contributed by atoms with Gasteiger partial charge in [-0.3, -0.25) is 10.2 Å². The molecule has 0 aliphatic heterocycles. The minimum absolute atomic E-state index is 0.150. The van der Waals surface area contributed by atoms with Gasteiger partial charge >= 0.3 is 0 Å². The molecule has 0 unspecified atom stereocenters. The predicted molar refractivity (Wildman–Crippen MR) is 67.0 cm³/mol. The molecule has 18 heavy (non-hydrogen) atoms. The number of halogens is 1. The molecule has 8 heteroatoms. The molecule has 0 spiro atoms. The van der Waals surface area contributed by atoms with E-state index in [-0.39, 0.29) is 5.69 Å². The number of hydrogen-bond donors (Lipinski definition) is 2. The Morgan fingerprint density at radius 3 is 3.06 bits per heavy atom. The van der Waals surface area contributed by atoms with Crippen LogP contribution >= 0.6 is 23.4 Å². The zero-order chi connectivity index (χ0) is 13.0. The number of hydrogen-bond acceptors (Lipinski definition) is 6. The molecule has 3 N–H and O–H groups in total. The van der Waals surface area contributed by atoms with Crippen molar-refractivity contribution in [3.63, 3.8) is 0 Å². The van der Waals surface area contributed by atoms with Crippen LogP contribution in [0.15, 0.2) is 33.9 Å². The number of carbonyl (C=O) groups is 1. The summed E-state index contributed by atoms with van der Waals surface area (Å²) in [7, 11) is 0. The van der Waals surface area contributed by atoms with Crippen LogP contribution < -0.4 is 11.3 Å². The van der Waals surface area contributed by atoms with Crippen molar-refractivity contribution in [1.82, 2.24) is 15.6 Å². The fourth-order valence-electron chi connectivity index (χ4n) is 1.15. The van der Waals surface area contributed by atoms with E-state index in [9.17, 15) is 4.79 Å². The fourth-order valence-corrected chi connectivity index (χ4v) is 1.98. The Kier molecular flexibility index (Phi) is 4.19. The Labute approximate surface area is 112 Å². The van der Waals surface area contributed by atoms with Crippen LogP contribution in [0.1, 0.15) is 16.2 Å². The Balaban J connectivity index is 1.96. The number of hydrazine groups is 1. The number of pyridine rings is 1. The van der Waals surface area contributed by atoms with Crippen molar-refractivity contribution in [2.24, 2.45) is 5.84 Å². The Morgan fingerprint density at radius 2 is 2.39 bits per heavy atom. The first-order valence-electron chi connectivity index (χ1n) is 4.90. The molecule has 6 nitrogen and oxygen atoms in total. The summed E-state index contributed by atoms with van der Waals surface area (Å²) in [5, 5.41) is 4.98. The van der Waals surface area contributed by atoms with Gasteiger partial charge in [0.1, 0.15) is 5.76 Å². The zero-order valence-corrected chi connectivity index (χ0v) is 10.7. The summed E-state index contributed by atoms with van der Waals surface area (Å²) in [6.07, 6.45) is 1.57. The van der Waals surface area contributed by atoms with E-state index in [1.54, 1.807) is 18.3 Å². The molecule has 0 saturated carbocycles. The number of aromatic nitrogens is 2. The van der Waals surface area contributed by atoms with Crippen molar-refractivity contribution in [2.45, 2.75) is 10.8 Å². The lowest BCUT2D eigenvalue weighted by Crippen LogP contribution is -2.30. The lowest BCUT2D eigenvalue weighted by molar-refractivity contribution is 0.0944. The molecule has 0 bridgehead atoms. The number of amides is 1. The number of nitrogens with zero attached hydrogens (tertiary/aromatic N) is 2. The highest BCUT2D eigenvalue weighted by atomic mass is 35.5. The fraction of sp³-hybridized carbons (Fsp3) is 0.100. The summed E-state index contributed by atoms with van der Waals surface area (Å²) in [6, 6.07) is 5.09. The third kappa shape index (κ3) is 3.22. The highest BCUT2D eigenvalue weighted by Gasteiger charge is 2.11. The maximum absolute atomic E-state index is 11.1. The normalized spacial score (nSPS) is 10.3. The van der Waals surface area contributed by atoms with E-state index in [2.05, 4.69) is 10.1 Å². The largest absolute Gasteiger partial charge is 0.360 e. The first-order chi connectivity index (χ1) is 8.69. The van der Waals surface area contributed by atoms with Crippen molar-refractivity contribution in [2.75, 3.05) is 0 Å². The van der Waals surface area contributed by atoms with Crippen LogP contribution in [-0.2, 0) is 5.75 Å². The minimum atomic E-state index is -0.486. The van der Waals surface area contributed by atoms with Gasteiger partial charge in [-0.05, 0) is 12.1 Å². The molecule has 2 rings (SSSR count). The van der Waals surface area contributed by atoms with E-state index in [4.69, 9.17) is 22.0 Å². The summed E-state index contributed by atoms with van der Waals surface area (Å²) in [6.45, 7) is 0. The van der Waals surface area contributed by atoms with E-state index < -0.39 is 5.91 Å². The predicted octanol–water partition coefficient (Wildman–Crippen LogP) is 1.62. The van der Waals surface area contributed by atoms with Crippen LogP contribution in [0.3, 0.4) is 0 Å². The maximum Gasteiger partial charge on any atom is 0.287 e. The van der Waals surface area contributed by atoms with Crippen LogP contribution in [0.25, 0.3) is 0 Å². The van der Waals surface area contributed by atoms with E-state index in [1.807, 2.05) is 5.43 Å². The summed E-state index contributed by atoms with van der Waals surface area (Å²) in [5.41, 5.74) is 2.13. The maximum atomic E-state index is 11.1. The van der Waals surface area contributed by atoms with Crippen molar-refractivity contribution in [1.29, 1.82) is 0 Å². The van der Waals surface area contributed by atoms with Crippen molar-refractivity contribution in [3.05, 3.63) is 40.9 Å². The van der Waals surface area contributed by atoms with Crippen molar-refractivity contribution >= 4 is 29.3 Å². The number of nitrogens with two attached hydrogens (primary N) is 1. The molecule has 2 aromatic heterocycles. The lowest BCUT2D eigenvalue weighted by Gasteiger charge is -1.97. The molecule has 2 heterocycles.